The third-order valence-electron chi connectivity index (χ3n) is 13.1. The van der Waals surface area contributed by atoms with Crippen LogP contribution in [0.3, 0.4) is 0 Å². The minimum Gasteiger partial charge on any atom is -0.481 e. The maximum absolute atomic E-state index is 12.9. The van der Waals surface area contributed by atoms with Gasteiger partial charge in [0.2, 0.25) is 0 Å². The van der Waals surface area contributed by atoms with E-state index in [9.17, 15) is 19.8 Å². The topological polar surface area (TPSA) is 74.6 Å². The van der Waals surface area contributed by atoms with Gasteiger partial charge in [0.1, 0.15) is 5.78 Å². The molecule has 5 aliphatic rings. The summed E-state index contributed by atoms with van der Waals surface area (Å²) in [6.45, 7) is 17.8. The Morgan fingerprint density at radius 2 is 1.65 bits per heavy atom. The van der Waals surface area contributed by atoms with Crippen molar-refractivity contribution in [1.29, 1.82) is 0 Å². The van der Waals surface area contributed by atoms with Crippen LogP contribution in [0.25, 0.3) is 0 Å². The van der Waals surface area contributed by atoms with Crippen molar-refractivity contribution in [2.45, 2.75) is 105 Å². The van der Waals surface area contributed by atoms with Gasteiger partial charge in [0.05, 0.1) is 11.5 Å². The first-order valence-electron chi connectivity index (χ1n) is 13.8. The maximum Gasteiger partial charge on any atom is 0.309 e. The van der Waals surface area contributed by atoms with E-state index in [1.807, 2.05) is 0 Å². The molecule has 0 unspecified atom stereocenters. The van der Waals surface area contributed by atoms with E-state index in [0.29, 0.717) is 24.0 Å². The Balaban J connectivity index is 1.60. The molecule has 0 amide bonds. The van der Waals surface area contributed by atoms with Crippen LogP contribution in [0.2, 0.25) is 0 Å². The molecule has 0 aromatic carbocycles. The monoisotopic (exact) mass is 470 g/mol. The van der Waals surface area contributed by atoms with Gasteiger partial charge in [-0.2, -0.15) is 0 Å². The molecule has 5 saturated carbocycles. The van der Waals surface area contributed by atoms with Crippen molar-refractivity contribution < 1.29 is 19.8 Å². The van der Waals surface area contributed by atoms with Crippen LogP contribution >= 0.6 is 0 Å². The van der Waals surface area contributed by atoms with Gasteiger partial charge in [-0.1, -0.05) is 46.8 Å². The molecule has 10 atom stereocenters. The van der Waals surface area contributed by atoms with Gasteiger partial charge in [0, 0.05) is 17.8 Å². The van der Waals surface area contributed by atoms with Gasteiger partial charge < -0.3 is 10.2 Å². The molecule has 0 bridgehead atoms. The van der Waals surface area contributed by atoms with Gasteiger partial charge in [-0.25, -0.2) is 0 Å². The Morgan fingerprint density at radius 3 is 2.26 bits per heavy atom. The number of carbonyl (C=O) groups excluding carboxylic acids is 1. The Labute approximate surface area is 206 Å². The summed E-state index contributed by atoms with van der Waals surface area (Å²) in [5.41, 5.74) is -0.110. The molecule has 0 aromatic heterocycles. The maximum atomic E-state index is 12.9. The van der Waals surface area contributed by atoms with E-state index >= 15 is 0 Å². The minimum absolute atomic E-state index is 0.00387. The van der Waals surface area contributed by atoms with E-state index in [1.165, 1.54) is 0 Å². The minimum atomic E-state index is -0.615. The molecule has 0 spiro atoms. The molecule has 4 heteroatoms. The largest absolute Gasteiger partial charge is 0.481 e. The van der Waals surface area contributed by atoms with E-state index in [0.717, 1.165) is 56.9 Å². The molecule has 0 heterocycles. The molecule has 0 aromatic rings. The highest BCUT2D eigenvalue weighted by atomic mass is 16.4. The molecule has 4 nitrogen and oxygen atoms in total. The van der Waals surface area contributed by atoms with Gasteiger partial charge in [-0.3, -0.25) is 9.59 Å². The first-order chi connectivity index (χ1) is 15.7. The number of aliphatic hydroxyl groups is 1. The number of fused-ring (bicyclic) bond motifs is 7. The molecular weight excluding hydrogens is 424 g/mol. The number of hydrogen-bond donors (Lipinski definition) is 2. The van der Waals surface area contributed by atoms with Crippen molar-refractivity contribution in [2.24, 2.45) is 56.7 Å². The van der Waals surface area contributed by atoms with Crippen LogP contribution in [-0.4, -0.2) is 28.1 Å². The SMILES string of the molecule is C=C(C)[C@@H]1CC[C@]2(C(=O)O)CC[C@]3(C)[C@H](CC[C@@H]4[C@@]5(C)CCC(=O)C(C)(C)[C@@H]5[C@H](O)C[C@]43C)[C@@H]12. The van der Waals surface area contributed by atoms with Crippen LogP contribution in [-0.2, 0) is 9.59 Å². The second-order valence-corrected chi connectivity index (χ2v) is 14.4. The number of ketones is 1. The third-order valence-corrected chi connectivity index (χ3v) is 13.1. The molecule has 5 fully saturated rings. The Morgan fingerprint density at radius 1 is 0.971 bits per heavy atom. The molecule has 5 aliphatic carbocycles. The van der Waals surface area contributed by atoms with Crippen LogP contribution in [0, 0.1) is 56.7 Å². The van der Waals surface area contributed by atoms with E-state index in [2.05, 4.69) is 48.1 Å². The zero-order valence-corrected chi connectivity index (χ0v) is 22.2. The van der Waals surface area contributed by atoms with Crippen LogP contribution < -0.4 is 0 Å². The molecule has 34 heavy (non-hydrogen) atoms. The smallest absolute Gasteiger partial charge is 0.309 e. The average molecular weight is 471 g/mol. The Hall–Kier alpha value is -1.16. The molecule has 5 rings (SSSR count). The molecule has 190 valence electrons. The number of rotatable bonds is 2. The molecule has 2 N–H and O–H groups in total. The van der Waals surface area contributed by atoms with Crippen LogP contribution in [0.4, 0.5) is 0 Å². The first-order valence-corrected chi connectivity index (χ1v) is 13.8. The van der Waals surface area contributed by atoms with Gasteiger partial charge in [-0.15, -0.1) is 0 Å². The number of carboxylic acid groups (broad SMARTS) is 1. The average Bonchev–Trinajstić information content (AvgIpc) is 3.13. The van der Waals surface area contributed by atoms with Crippen molar-refractivity contribution in [3.8, 4) is 0 Å². The van der Waals surface area contributed by atoms with Gasteiger partial charge >= 0.3 is 5.97 Å². The predicted molar refractivity (Wildman–Crippen MR) is 133 cm³/mol. The van der Waals surface area contributed by atoms with Crippen molar-refractivity contribution >= 4 is 11.8 Å². The zero-order chi connectivity index (χ0) is 25.1. The van der Waals surface area contributed by atoms with Gasteiger partial charge in [-0.05, 0) is 98.2 Å². The first kappa shape index (κ1) is 24.5. The normalized spacial score (nSPS) is 53.8. The lowest BCUT2D eigenvalue weighted by Gasteiger charge is -2.72. The summed E-state index contributed by atoms with van der Waals surface area (Å²) in [6, 6.07) is 0. The lowest BCUT2D eigenvalue weighted by molar-refractivity contribution is -0.259. The second kappa shape index (κ2) is 7.20. The lowest BCUT2D eigenvalue weighted by Crippen LogP contribution is -2.69. The fourth-order valence-corrected chi connectivity index (χ4v) is 11.5. The van der Waals surface area contributed by atoms with E-state index in [-0.39, 0.29) is 34.0 Å². The highest BCUT2D eigenvalue weighted by Crippen LogP contribution is 2.77. The third kappa shape index (κ3) is 2.70. The van der Waals surface area contributed by atoms with Crippen LogP contribution in [0.5, 0.6) is 0 Å². The molecule has 0 radical (unpaired) electrons. The van der Waals surface area contributed by atoms with Crippen molar-refractivity contribution in [1.82, 2.24) is 0 Å². The summed E-state index contributed by atoms with van der Waals surface area (Å²) < 4.78 is 0. The fraction of sp³-hybridized carbons (Fsp3) is 0.867. The van der Waals surface area contributed by atoms with E-state index in [1.54, 1.807) is 0 Å². The molecule has 0 aliphatic heterocycles. The van der Waals surface area contributed by atoms with E-state index < -0.39 is 22.9 Å². The highest BCUT2D eigenvalue weighted by Gasteiger charge is 2.73. The van der Waals surface area contributed by atoms with Gasteiger partial charge in [0.25, 0.3) is 0 Å². The predicted octanol–water partition coefficient (Wildman–Crippen LogP) is 6.27. The summed E-state index contributed by atoms with van der Waals surface area (Å²) in [6.07, 6.45) is 7.24. The van der Waals surface area contributed by atoms with E-state index in [4.69, 9.17) is 0 Å². The van der Waals surface area contributed by atoms with Crippen molar-refractivity contribution in [2.75, 3.05) is 0 Å². The number of aliphatic hydroxyl groups excluding tert-OH is 1. The summed E-state index contributed by atoms with van der Waals surface area (Å²) >= 11 is 0. The van der Waals surface area contributed by atoms with Gasteiger partial charge in [0.15, 0.2) is 0 Å². The number of hydrogen-bond acceptors (Lipinski definition) is 3. The number of Topliss-reactive ketones (excluding diaryl/α,β-unsaturated/α-hetero) is 1. The summed E-state index contributed by atoms with van der Waals surface area (Å²) in [4.78, 5) is 25.7. The standard InChI is InChI=1S/C30H46O4/c1-17(2)18-10-13-30(25(33)34)15-14-28(6)19(23(18)30)8-9-21-27(5)12-11-22(32)26(3,4)24(27)20(31)16-29(21,28)7/h18-21,23-24,31H,1,8-16H2,2-7H3,(H,33,34)/t18-,19+,20+,21+,23+,24-,27+,28+,29+,30-/m0/s1. The highest BCUT2D eigenvalue weighted by molar-refractivity contribution is 5.85. The lowest BCUT2D eigenvalue weighted by atomic mass is 9.32. The number of allylic oxidation sites excluding steroid dienone is 1. The summed E-state index contributed by atoms with van der Waals surface area (Å²) in [7, 11) is 0. The molecular formula is C30H46O4. The quantitative estimate of drug-likeness (QED) is 0.467. The van der Waals surface area contributed by atoms with Crippen molar-refractivity contribution in [3.05, 3.63) is 12.2 Å². The number of aliphatic carboxylic acids is 1. The number of carboxylic acids is 1. The Kier molecular flexibility index (Phi) is 5.20. The van der Waals surface area contributed by atoms with Crippen molar-refractivity contribution in [3.63, 3.8) is 0 Å². The summed E-state index contributed by atoms with van der Waals surface area (Å²) in [5, 5.41) is 22.2. The fourth-order valence-electron chi connectivity index (χ4n) is 11.5. The summed E-state index contributed by atoms with van der Waals surface area (Å²) in [5.74, 6) is 0.916. The second-order valence-electron chi connectivity index (χ2n) is 14.4. The number of carbonyl (C=O) groups is 2. The Bertz CT molecular complexity index is 936. The molecule has 0 saturated heterocycles. The zero-order valence-electron chi connectivity index (χ0n) is 22.2. The van der Waals surface area contributed by atoms with Crippen LogP contribution in [0.15, 0.2) is 12.2 Å². The van der Waals surface area contributed by atoms with Crippen LogP contribution in [0.1, 0.15) is 99.3 Å².